The van der Waals surface area contributed by atoms with Crippen molar-refractivity contribution in [1.29, 1.82) is 0 Å². The molecule has 1 fully saturated rings. The number of methoxy groups -OCH3 is 1. The van der Waals surface area contributed by atoms with Crippen LogP contribution in [0.5, 0.6) is 0 Å². The molecule has 1 N–H and O–H groups in total. The second-order valence-corrected chi connectivity index (χ2v) is 4.87. The number of nitrogens with one attached hydrogen (secondary N) is 1. The van der Waals surface area contributed by atoms with Crippen LogP contribution in [0.25, 0.3) is 0 Å². The molecule has 0 bridgehead atoms. The summed E-state index contributed by atoms with van der Waals surface area (Å²) in [7, 11) is 6.19. The van der Waals surface area contributed by atoms with Crippen LogP contribution in [-0.2, 0) is 4.74 Å². The average molecular weight is 229 g/mol. The van der Waals surface area contributed by atoms with E-state index in [4.69, 9.17) is 4.74 Å². The van der Waals surface area contributed by atoms with Gasteiger partial charge in [0, 0.05) is 45.4 Å². The van der Waals surface area contributed by atoms with Crippen molar-refractivity contribution in [3.63, 3.8) is 0 Å². The van der Waals surface area contributed by atoms with E-state index in [9.17, 15) is 0 Å². The second-order valence-electron chi connectivity index (χ2n) is 4.87. The van der Waals surface area contributed by atoms with Gasteiger partial charge in [-0.25, -0.2) is 0 Å². The highest BCUT2D eigenvalue weighted by atomic mass is 16.5. The van der Waals surface area contributed by atoms with Crippen molar-refractivity contribution in [2.75, 3.05) is 54.0 Å². The normalized spacial score (nSPS) is 25.9. The van der Waals surface area contributed by atoms with Crippen LogP contribution in [-0.4, -0.2) is 75.9 Å². The van der Waals surface area contributed by atoms with Gasteiger partial charge in [0.25, 0.3) is 0 Å². The van der Waals surface area contributed by atoms with Crippen LogP contribution in [0.3, 0.4) is 0 Å². The molecule has 0 spiro atoms. The first-order chi connectivity index (χ1) is 7.67. The lowest BCUT2D eigenvalue weighted by Gasteiger charge is -2.38. The largest absolute Gasteiger partial charge is 0.383 e. The molecule has 0 aromatic rings. The summed E-state index contributed by atoms with van der Waals surface area (Å²) in [5.41, 5.74) is 0. The SMILES string of the molecule is CCC(COC)NCC1CN(C)CCN1C. The first-order valence-corrected chi connectivity index (χ1v) is 6.28. The van der Waals surface area contributed by atoms with Crippen molar-refractivity contribution < 1.29 is 4.74 Å². The fourth-order valence-electron chi connectivity index (χ4n) is 2.15. The third-order valence-corrected chi connectivity index (χ3v) is 3.48. The monoisotopic (exact) mass is 229 g/mol. The Balaban J connectivity index is 2.28. The van der Waals surface area contributed by atoms with Crippen molar-refractivity contribution in [3.8, 4) is 0 Å². The Hall–Kier alpha value is -0.160. The standard InChI is InChI=1S/C12H27N3O/c1-5-11(10-16-4)13-8-12-9-14(2)6-7-15(12)3/h11-13H,5-10H2,1-4H3. The topological polar surface area (TPSA) is 27.7 Å². The van der Waals surface area contributed by atoms with E-state index in [-0.39, 0.29) is 0 Å². The fourth-order valence-corrected chi connectivity index (χ4v) is 2.15. The van der Waals surface area contributed by atoms with Crippen LogP contribution in [0.1, 0.15) is 13.3 Å². The molecule has 2 atom stereocenters. The van der Waals surface area contributed by atoms with Gasteiger partial charge in [0.2, 0.25) is 0 Å². The molecule has 1 rings (SSSR count). The summed E-state index contributed by atoms with van der Waals surface area (Å²) in [6.07, 6.45) is 1.13. The van der Waals surface area contributed by atoms with Crippen molar-refractivity contribution in [2.24, 2.45) is 0 Å². The summed E-state index contributed by atoms with van der Waals surface area (Å²) in [6.45, 7) is 7.58. The van der Waals surface area contributed by atoms with E-state index in [1.807, 2.05) is 0 Å². The molecule has 1 heterocycles. The molecular weight excluding hydrogens is 202 g/mol. The predicted octanol–water partition coefficient (Wildman–Crippen LogP) is 0.247. The smallest absolute Gasteiger partial charge is 0.0615 e. The Labute approximate surface area is 99.9 Å². The number of likely N-dealkylation sites (N-methyl/N-ethyl adjacent to an activating group) is 2. The molecule has 96 valence electrons. The summed E-state index contributed by atoms with van der Waals surface area (Å²) < 4.78 is 5.20. The van der Waals surface area contributed by atoms with Crippen LogP contribution in [0.15, 0.2) is 0 Å². The number of hydrogen-bond acceptors (Lipinski definition) is 4. The zero-order chi connectivity index (χ0) is 12.0. The molecule has 0 saturated carbocycles. The van der Waals surface area contributed by atoms with Crippen molar-refractivity contribution in [3.05, 3.63) is 0 Å². The highest BCUT2D eigenvalue weighted by Gasteiger charge is 2.22. The highest BCUT2D eigenvalue weighted by Crippen LogP contribution is 2.05. The van der Waals surface area contributed by atoms with Crippen molar-refractivity contribution in [1.82, 2.24) is 15.1 Å². The molecule has 0 aromatic carbocycles. The van der Waals surface area contributed by atoms with Gasteiger partial charge in [0.15, 0.2) is 0 Å². The minimum Gasteiger partial charge on any atom is -0.383 e. The lowest BCUT2D eigenvalue weighted by atomic mass is 10.1. The molecule has 0 amide bonds. The Morgan fingerprint density at radius 3 is 2.75 bits per heavy atom. The zero-order valence-electron chi connectivity index (χ0n) is 11.2. The first kappa shape index (κ1) is 13.9. The van der Waals surface area contributed by atoms with Crippen LogP contribution >= 0.6 is 0 Å². The Morgan fingerprint density at radius 1 is 1.38 bits per heavy atom. The summed E-state index contributed by atoms with van der Waals surface area (Å²) >= 11 is 0. The van der Waals surface area contributed by atoms with Gasteiger partial charge in [-0.2, -0.15) is 0 Å². The van der Waals surface area contributed by atoms with Gasteiger partial charge in [0.1, 0.15) is 0 Å². The number of nitrogens with zero attached hydrogens (tertiary/aromatic N) is 2. The van der Waals surface area contributed by atoms with Gasteiger partial charge in [-0.05, 0) is 20.5 Å². The van der Waals surface area contributed by atoms with Gasteiger partial charge < -0.3 is 15.0 Å². The Kier molecular flexibility index (Phi) is 6.28. The van der Waals surface area contributed by atoms with Crippen molar-refractivity contribution >= 4 is 0 Å². The van der Waals surface area contributed by atoms with Gasteiger partial charge >= 0.3 is 0 Å². The molecule has 0 aliphatic carbocycles. The van der Waals surface area contributed by atoms with Crippen molar-refractivity contribution in [2.45, 2.75) is 25.4 Å². The molecule has 1 aliphatic rings. The van der Waals surface area contributed by atoms with E-state index >= 15 is 0 Å². The molecule has 4 nitrogen and oxygen atoms in total. The molecule has 16 heavy (non-hydrogen) atoms. The second kappa shape index (κ2) is 7.22. The van der Waals surface area contributed by atoms with E-state index in [0.29, 0.717) is 12.1 Å². The third-order valence-electron chi connectivity index (χ3n) is 3.48. The van der Waals surface area contributed by atoms with Crippen LogP contribution in [0.4, 0.5) is 0 Å². The Morgan fingerprint density at radius 2 is 2.12 bits per heavy atom. The van der Waals surface area contributed by atoms with Crippen LogP contribution in [0.2, 0.25) is 0 Å². The summed E-state index contributed by atoms with van der Waals surface area (Å²) in [4.78, 5) is 4.86. The quantitative estimate of drug-likeness (QED) is 0.706. The molecule has 2 unspecified atom stereocenters. The molecule has 0 aromatic heterocycles. The number of hydrogen-bond donors (Lipinski definition) is 1. The maximum Gasteiger partial charge on any atom is 0.0615 e. The van der Waals surface area contributed by atoms with Crippen LogP contribution in [0, 0.1) is 0 Å². The first-order valence-electron chi connectivity index (χ1n) is 6.28. The molecule has 0 radical (unpaired) electrons. The maximum atomic E-state index is 5.20. The van der Waals surface area contributed by atoms with E-state index in [0.717, 1.165) is 26.1 Å². The minimum absolute atomic E-state index is 0.491. The van der Waals surface area contributed by atoms with Gasteiger partial charge in [-0.3, -0.25) is 4.90 Å². The average Bonchev–Trinajstić information content (AvgIpc) is 2.28. The lowest BCUT2D eigenvalue weighted by Crippen LogP contribution is -2.55. The van der Waals surface area contributed by atoms with Crippen LogP contribution < -0.4 is 5.32 Å². The minimum atomic E-state index is 0.491. The maximum absolute atomic E-state index is 5.20. The molecule has 1 saturated heterocycles. The lowest BCUT2D eigenvalue weighted by molar-refractivity contribution is 0.104. The summed E-state index contributed by atoms with van der Waals surface area (Å²) in [5, 5.41) is 3.60. The fraction of sp³-hybridized carbons (Fsp3) is 1.00. The Bertz CT molecular complexity index is 189. The number of piperazine rings is 1. The third kappa shape index (κ3) is 4.37. The van der Waals surface area contributed by atoms with Gasteiger partial charge in [-0.15, -0.1) is 0 Å². The summed E-state index contributed by atoms with van der Waals surface area (Å²) in [5.74, 6) is 0. The van der Waals surface area contributed by atoms with E-state index in [1.54, 1.807) is 7.11 Å². The summed E-state index contributed by atoms with van der Waals surface area (Å²) in [6, 6.07) is 1.12. The number of ether oxygens (including phenoxy) is 1. The number of rotatable bonds is 6. The van der Waals surface area contributed by atoms with E-state index in [1.165, 1.54) is 13.1 Å². The van der Waals surface area contributed by atoms with E-state index in [2.05, 4.69) is 36.1 Å². The highest BCUT2D eigenvalue weighted by molar-refractivity contribution is 4.81. The molecular formula is C12H27N3O. The van der Waals surface area contributed by atoms with Gasteiger partial charge in [0.05, 0.1) is 6.61 Å². The molecule has 4 heteroatoms. The van der Waals surface area contributed by atoms with E-state index < -0.39 is 0 Å². The van der Waals surface area contributed by atoms with Gasteiger partial charge in [-0.1, -0.05) is 6.92 Å². The molecule has 1 aliphatic heterocycles. The predicted molar refractivity (Wildman–Crippen MR) is 67.9 cm³/mol. The zero-order valence-corrected chi connectivity index (χ0v) is 11.2.